The van der Waals surface area contributed by atoms with Crippen molar-refractivity contribution in [3.63, 3.8) is 0 Å². The Kier molecular flexibility index (Phi) is 3.81. The van der Waals surface area contributed by atoms with Gasteiger partial charge in [0.15, 0.2) is 23.1 Å². The molecule has 1 aliphatic heterocycles. The Balaban J connectivity index is 1.59. The van der Waals surface area contributed by atoms with Crippen LogP contribution in [0, 0.1) is 0 Å². The molecule has 0 aliphatic carbocycles. The van der Waals surface area contributed by atoms with Gasteiger partial charge in [0.25, 0.3) is 10.0 Å². The molecule has 1 aromatic heterocycles. The molecule has 3 aromatic rings. The van der Waals surface area contributed by atoms with E-state index in [0.717, 1.165) is 5.56 Å². The lowest BCUT2D eigenvalue weighted by Gasteiger charge is -2.18. The van der Waals surface area contributed by atoms with Crippen molar-refractivity contribution < 1.29 is 22.4 Å². The van der Waals surface area contributed by atoms with Gasteiger partial charge in [0.05, 0.1) is 4.90 Å². The Bertz CT molecular complexity index is 999. The normalized spacial score (nSPS) is 13.4. The van der Waals surface area contributed by atoms with E-state index in [9.17, 15) is 8.42 Å². The van der Waals surface area contributed by atoms with Crippen LogP contribution < -0.4 is 14.2 Å². The Morgan fingerprint density at radius 3 is 2.48 bits per heavy atom. The summed E-state index contributed by atoms with van der Waals surface area (Å²) in [7, 11) is -3.82. The van der Waals surface area contributed by atoms with Gasteiger partial charge in [-0.2, -0.15) is 0 Å². The molecule has 2 heterocycles. The van der Waals surface area contributed by atoms with Crippen LogP contribution in [0.2, 0.25) is 0 Å². The van der Waals surface area contributed by atoms with Gasteiger partial charge in [-0.15, -0.1) is 0 Å². The third-order valence-electron chi connectivity index (χ3n) is 3.63. The van der Waals surface area contributed by atoms with Crippen molar-refractivity contribution in [3.8, 4) is 22.8 Å². The Morgan fingerprint density at radius 1 is 0.920 bits per heavy atom. The lowest BCUT2D eigenvalue weighted by Crippen LogP contribution is -2.17. The van der Waals surface area contributed by atoms with Crippen LogP contribution >= 0.6 is 0 Å². The molecule has 1 aliphatic rings. The number of fused-ring (bicyclic) bond motifs is 1. The molecule has 25 heavy (non-hydrogen) atoms. The third-order valence-corrected chi connectivity index (χ3v) is 4.98. The molecule has 0 saturated heterocycles. The van der Waals surface area contributed by atoms with Crippen LogP contribution in [0.5, 0.6) is 11.5 Å². The summed E-state index contributed by atoms with van der Waals surface area (Å²) >= 11 is 0. The standard InChI is InChI=1S/C17H14N2O5S/c20-25(21,13-6-7-14-16(10-13)23-9-8-22-14)19-17-11-15(24-18-17)12-4-2-1-3-5-12/h1-7,10-11H,8-9H2,(H,18,19). The highest BCUT2D eigenvalue weighted by molar-refractivity contribution is 7.92. The van der Waals surface area contributed by atoms with Crippen LogP contribution in [-0.2, 0) is 10.0 Å². The van der Waals surface area contributed by atoms with Gasteiger partial charge in [-0.3, -0.25) is 4.72 Å². The summed E-state index contributed by atoms with van der Waals surface area (Å²) < 4.78 is 43.5. The van der Waals surface area contributed by atoms with Crippen molar-refractivity contribution in [3.05, 3.63) is 54.6 Å². The van der Waals surface area contributed by atoms with Gasteiger partial charge in [-0.1, -0.05) is 35.5 Å². The highest BCUT2D eigenvalue weighted by Gasteiger charge is 2.21. The fourth-order valence-corrected chi connectivity index (χ4v) is 3.45. The minimum atomic E-state index is -3.82. The zero-order chi connectivity index (χ0) is 17.3. The SMILES string of the molecule is O=S(=O)(Nc1cc(-c2ccccc2)on1)c1ccc2c(c1)OCCO2. The molecule has 1 N–H and O–H groups in total. The minimum Gasteiger partial charge on any atom is -0.486 e. The van der Waals surface area contributed by atoms with Crippen LogP contribution in [0.3, 0.4) is 0 Å². The molecule has 8 heteroatoms. The van der Waals surface area contributed by atoms with Crippen molar-refractivity contribution in [2.24, 2.45) is 0 Å². The molecule has 0 unspecified atom stereocenters. The molecule has 0 atom stereocenters. The summed E-state index contributed by atoms with van der Waals surface area (Å²) in [6.07, 6.45) is 0. The number of nitrogens with one attached hydrogen (secondary N) is 1. The second-order valence-corrected chi connectivity index (χ2v) is 7.04. The fourth-order valence-electron chi connectivity index (χ4n) is 2.45. The number of benzene rings is 2. The average Bonchev–Trinajstić information content (AvgIpc) is 3.10. The number of anilines is 1. The van der Waals surface area contributed by atoms with E-state index in [1.807, 2.05) is 30.3 Å². The highest BCUT2D eigenvalue weighted by atomic mass is 32.2. The van der Waals surface area contributed by atoms with Crippen LogP contribution in [-0.4, -0.2) is 26.8 Å². The molecular weight excluding hydrogens is 344 g/mol. The topological polar surface area (TPSA) is 90.7 Å². The number of hydrogen-bond donors (Lipinski definition) is 1. The van der Waals surface area contributed by atoms with E-state index in [1.54, 1.807) is 6.07 Å². The van der Waals surface area contributed by atoms with Crippen LogP contribution in [0.1, 0.15) is 0 Å². The van der Waals surface area contributed by atoms with Gasteiger partial charge in [0, 0.05) is 17.7 Å². The van der Waals surface area contributed by atoms with Crippen molar-refractivity contribution in [2.75, 3.05) is 17.9 Å². The molecular formula is C17H14N2O5S. The molecule has 2 aromatic carbocycles. The molecule has 0 saturated carbocycles. The lowest BCUT2D eigenvalue weighted by molar-refractivity contribution is 0.171. The number of rotatable bonds is 4. The Labute approximate surface area is 144 Å². The van der Waals surface area contributed by atoms with Gasteiger partial charge < -0.3 is 14.0 Å². The first kappa shape index (κ1) is 15.5. The molecule has 4 rings (SSSR count). The first-order valence-corrected chi connectivity index (χ1v) is 9.05. The van der Waals surface area contributed by atoms with E-state index in [4.69, 9.17) is 14.0 Å². The van der Waals surface area contributed by atoms with Gasteiger partial charge in [0.2, 0.25) is 0 Å². The van der Waals surface area contributed by atoms with Crippen molar-refractivity contribution >= 4 is 15.8 Å². The predicted molar refractivity (Wildman–Crippen MR) is 90.2 cm³/mol. The fraction of sp³-hybridized carbons (Fsp3) is 0.118. The Hall–Kier alpha value is -3.00. The second kappa shape index (κ2) is 6.14. The molecule has 128 valence electrons. The van der Waals surface area contributed by atoms with Crippen LogP contribution in [0.15, 0.2) is 64.0 Å². The van der Waals surface area contributed by atoms with E-state index in [2.05, 4.69) is 9.88 Å². The predicted octanol–water partition coefficient (Wildman–Crippen LogP) is 2.91. The molecule has 0 amide bonds. The zero-order valence-corrected chi connectivity index (χ0v) is 13.8. The number of aromatic nitrogens is 1. The molecule has 0 spiro atoms. The number of ether oxygens (including phenoxy) is 2. The molecule has 7 nitrogen and oxygen atoms in total. The third kappa shape index (κ3) is 3.16. The molecule has 0 bridgehead atoms. The molecule has 0 fully saturated rings. The number of nitrogens with zero attached hydrogens (tertiary/aromatic N) is 1. The number of hydrogen-bond acceptors (Lipinski definition) is 6. The first-order chi connectivity index (χ1) is 12.1. The van der Waals surface area contributed by atoms with E-state index in [1.165, 1.54) is 18.2 Å². The van der Waals surface area contributed by atoms with Gasteiger partial charge in [-0.25, -0.2) is 8.42 Å². The summed E-state index contributed by atoms with van der Waals surface area (Å²) in [6.45, 7) is 0.826. The van der Waals surface area contributed by atoms with E-state index in [0.29, 0.717) is 30.5 Å². The maximum atomic E-state index is 12.5. The maximum Gasteiger partial charge on any atom is 0.263 e. The quantitative estimate of drug-likeness (QED) is 0.771. The van der Waals surface area contributed by atoms with E-state index in [-0.39, 0.29) is 10.7 Å². The summed E-state index contributed by atoms with van der Waals surface area (Å²) in [6, 6.07) is 15.3. The van der Waals surface area contributed by atoms with Crippen LogP contribution in [0.4, 0.5) is 5.82 Å². The molecule has 0 radical (unpaired) electrons. The van der Waals surface area contributed by atoms with Crippen molar-refractivity contribution in [1.29, 1.82) is 0 Å². The largest absolute Gasteiger partial charge is 0.486 e. The summed E-state index contributed by atoms with van der Waals surface area (Å²) in [4.78, 5) is 0.0565. The first-order valence-electron chi connectivity index (χ1n) is 7.56. The maximum absolute atomic E-state index is 12.5. The minimum absolute atomic E-state index is 0.0565. The van der Waals surface area contributed by atoms with E-state index < -0.39 is 10.0 Å². The zero-order valence-electron chi connectivity index (χ0n) is 13.0. The average molecular weight is 358 g/mol. The monoisotopic (exact) mass is 358 g/mol. The lowest BCUT2D eigenvalue weighted by atomic mass is 10.2. The van der Waals surface area contributed by atoms with Crippen molar-refractivity contribution in [1.82, 2.24) is 5.16 Å². The van der Waals surface area contributed by atoms with Gasteiger partial charge in [-0.05, 0) is 12.1 Å². The Morgan fingerprint density at radius 2 is 1.68 bits per heavy atom. The second-order valence-electron chi connectivity index (χ2n) is 5.35. The van der Waals surface area contributed by atoms with E-state index >= 15 is 0 Å². The smallest absolute Gasteiger partial charge is 0.263 e. The van der Waals surface area contributed by atoms with Crippen LogP contribution in [0.25, 0.3) is 11.3 Å². The van der Waals surface area contributed by atoms with Crippen molar-refractivity contribution in [2.45, 2.75) is 4.90 Å². The summed E-state index contributed by atoms with van der Waals surface area (Å²) in [5.41, 5.74) is 0.805. The summed E-state index contributed by atoms with van der Waals surface area (Å²) in [5.74, 6) is 1.51. The highest BCUT2D eigenvalue weighted by Crippen LogP contribution is 2.33. The van der Waals surface area contributed by atoms with Gasteiger partial charge >= 0.3 is 0 Å². The summed E-state index contributed by atoms with van der Waals surface area (Å²) in [5, 5.41) is 3.77. The van der Waals surface area contributed by atoms with Gasteiger partial charge in [0.1, 0.15) is 13.2 Å². The number of sulfonamides is 1.